The van der Waals surface area contributed by atoms with Crippen LogP contribution in [-0.2, 0) is 10.0 Å². The fraction of sp³-hybridized carbons (Fsp3) is 0.167. The van der Waals surface area contributed by atoms with E-state index in [9.17, 15) is 8.42 Å². The Morgan fingerprint density at radius 2 is 1.80 bits per heavy atom. The lowest BCUT2D eigenvalue weighted by Crippen LogP contribution is -2.12. The first kappa shape index (κ1) is 16.1. The number of rotatable bonds is 3. The van der Waals surface area contributed by atoms with Gasteiger partial charge in [-0.05, 0) is 59.1 Å². The molecule has 3 nitrogen and oxygen atoms in total. The number of hydrogen-bond acceptors (Lipinski definition) is 3. The highest BCUT2D eigenvalue weighted by Gasteiger charge is 2.20. The molecule has 1 N–H and O–H groups in total. The normalized spacial score (nSPS) is 11.7. The van der Waals surface area contributed by atoms with Crippen LogP contribution in [0.4, 0.5) is 5.69 Å². The van der Waals surface area contributed by atoms with Gasteiger partial charge in [0.05, 0.1) is 10.0 Å². The molecule has 8 heteroatoms. The summed E-state index contributed by atoms with van der Waals surface area (Å²) < 4.78 is 28.4. The highest BCUT2D eigenvalue weighted by Crippen LogP contribution is 2.34. The van der Waals surface area contributed by atoms with E-state index in [4.69, 9.17) is 23.2 Å². The first-order valence-electron chi connectivity index (χ1n) is 5.45. The van der Waals surface area contributed by atoms with E-state index in [1.165, 1.54) is 0 Å². The molecule has 108 valence electrons. The lowest BCUT2D eigenvalue weighted by atomic mass is 10.2. The van der Waals surface area contributed by atoms with E-state index in [0.717, 1.165) is 22.5 Å². The van der Waals surface area contributed by atoms with Crippen LogP contribution in [0.3, 0.4) is 0 Å². The molecule has 0 bridgehead atoms. The Labute approximate surface area is 140 Å². The molecular weight excluding hydrogens is 405 g/mol. The fourth-order valence-corrected chi connectivity index (χ4v) is 5.11. The molecule has 0 aliphatic rings. The quantitative estimate of drug-likeness (QED) is 0.746. The Morgan fingerprint density at radius 3 is 2.35 bits per heavy atom. The summed E-state index contributed by atoms with van der Waals surface area (Å²) in [6.07, 6.45) is 0. The number of hydrogen-bond donors (Lipinski definition) is 1. The lowest BCUT2D eigenvalue weighted by molar-refractivity contribution is 0.603. The van der Waals surface area contributed by atoms with Gasteiger partial charge in [0.1, 0.15) is 4.21 Å². The van der Waals surface area contributed by atoms with Gasteiger partial charge in [0.15, 0.2) is 0 Å². The van der Waals surface area contributed by atoms with Gasteiger partial charge in [-0.25, -0.2) is 8.42 Å². The van der Waals surface area contributed by atoms with Crippen LogP contribution in [0.25, 0.3) is 0 Å². The van der Waals surface area contributed by atoms with Gasteiger partial charge in [-0.3, -0.25) is 4.72 Å². The first-order valence-corrected chi connectivity index (χ1v) is 9.30. The SMILES string of the molecule is Cc1cc(Br)c(NS(=O)(=O)c2cc(C)c(Cl)s2)cc1Cl. The molecule has 1 aromatic carbocycles. The highest BCUT2D eigenvalue weighted by atomic mass is 79.9. The third kappa shape index (κ3) is 3.31. The van der Waals surface area contributed by atoms with Crippen LogP contribution < -0.4 is 4.72 Å². The van der Waals surface area contributed by atoms with Crippen LogP contribution in [0.2, 0.25) is 9.36 Å². The Balaban J connectivity index is 2.40. The maximum atomic E-state index is 12.3. The molecular formula is C12H10BrCl2NO2S2. The summed E-state index contributed by atoms with van der Waals surface area (Å²) in [5.41, 5.74) is 1.98. The van der Waals surface area contributed by atoms with Crippen molar-refractivity contribution >= 4 is 66.2 Å². The van der Waals surface area contributed by atoms with Gasteiger partial charge in [-0.15, -0.1) is 11.3 Å². The van der Waals surface area contributed by atoms with E-state index >= 15 is 0 Å². The monoisotopic (exact) mass is 413 g/mol. The largest absolute Gasteiger partial charge is 0.278 e. The van der Waals surface area contributed by atoms with Crippen LogP contribution in [-0.4, -0.2) is 8.42 Å². The zero-order valence-electron chi connectivity index (χ0n) is 10.5. The third-order valence-corrected chi connectivity index (χ3v) is 7.05. The van der Waals surface area contributed by atoms with Crippen LogP contribution in [0.1, 0.15) is 11.1 Å². The summed E-state index contributed by atoms with van der Waals surface area (Å²) in [6.45, 7) is 3.60. The maximum Gasteiger partial charge on any atom is 0.271 e. The Bertz CT molecular complexity index is 753. The summed E-state index contributed by atoms with van der Waals surface area (Å²) in [6, 6.07) is 4.87. The van der Waals surface area contributed by atoms with Crippen molar-refractivity contribution in [2.75, 3.05) is 4.72 Å². The number of benzene rings is 1. The molecule has 0 unspecified atom stereocenters. The van der Waals surface area contributed by atoms with E-state index in [-0.39, 0.29) is 4.21 Å². The zero-order valence-corrected chi connectivity index (χ0v) is 15.2. The molecule has 1 heterocycles. The van der Waals surface area contributed by atoms with Crippen molar-refractivity contribution in [1.29, 1.82) is 0 Å². The summed E-state index contributed by atoms with van der Waals surface area (Å²) in [5, 5.41) is 0.492. The van der Waals surface area contributed by atoms with Crippen molar-refractivity contribution < 1.29 is 8.42 Å². The van der Waals surface area contributed by atoms with E-state index in [0.29, 0.717) is 19.5 Å². The molecule has 0 aliphatic heterocycles. The second-order valence-corrected chi connectivity index (χ2v) is 9.03. The number of aryl methyl sites for hydroxylation is 2. The van der Waals surface area contributed by atoms with Crippen molar-refractivity contribution in [2.45, 2.75) is 18.1 Å². The number of sulfonamides is 1. The van der Waals surface area contributed by atoms with Crippen LogP contribution >= 0.6 is 50.5 Å². The van der Waals surface area contributed by atoms with Crippen LogP contribution in [0.5, 0.6) is 0 Å². The molecule has 0 aliphatic carbocycles. The molecule has 0 amide bonds. The zero-order chi connectivity index (χ0) is 15.1. The smallest absolute Gasteiger partial charge is 0.271 e. The number of halogens is 3. The molecule has 20 heavy (non-hydrogen) atoms. The molecule has 0 saturated carbocycles. The summed E-state index contributed by atoms with van der Waals surface area (Å²) in [5.74, 6) is 0. The molecule has 2 aromatic rings. The summed E-state index contributed by atoms with van der Waals surface area (Å²) >= 11 is 16.3. The molecule has 2 rings (SSSR count). The predicted molar refractivity (Wildman–Crippen MR) is 88.8 cm³/mol. The minimum atomic E-state index is -3.67. The van der Waals surface area contributed by atoms with Crippen LogP contribution in [0, 0.1) is 13.8 Å². The average molecular weight is 415 g/mol. The summed E-state index contributed by atoms with van der Waals surface area (Å²) in [4.78, 5) is 0. The second kappa shape index (κ2) is 5.85. The van der Waals surface area contributed by atoms with Gasteiger partial charge in [-0.2, -0.15) is 0 Å². The van der Waals surface area contributed by atoms with Gasteiger partial charge in [-0.1, -0.05) is 23.2 Å². The van der Waals surface area contributed by atoms with Crippen LogP contribution in [0.15, 0.2) is 26.9 Å². The van der Waals surface area contributed by atoms with Crippen molar-refractivity contribution in [3.05, 3.63) is 43.2 Å². The number of anilines is 1. The summed E-state index contributed by atoms with van der Waals surface area (Å²) in [7, 11) is -3.67. The van der Waals surface area contributed by atoms with E-state index in [1.807, 2.05) is 6.92 Å². The fourth-order valence-electron chi connectivity index (χ4n) is 1.48. The molecule has 0 radical (unpaired) electrons. The molecule has 0 fully saturated rings. The van der Waals surface area contributed by atoms with E-state index in [2.05, 4.69) is 20.7 Å². The minimum Gasteiger partial charge on any atom is -0.278 e. The number of nitrogens with one attached hydrogen (secondary N) is 1. The third-order valence-electron chi connectivity index (χ3n) is 2.59. The second-order valence-electron chi connectivity index (χ2n) is 4.21. The average Bonchev–Trinajstić information content (AvgIpc) is 2.67. The number of thiophene rings is 1. The van der Waals surface area contributed by atoms with Gasteiger partial charge in [0.2, 0.25) is 0 Å². The van der Waals surface area contributed by atoms with Gasteiger partial charge < -0.3 is 0 Å². The molecule has 0 atom stereocenters. The standard InChI is InChI=1S/C12H10BrCl2NO2S2/c1-6-3-8(13)10(5-9(6)14)16-20(17,18)11-4-7(2)12(15)19-11/h3-5,16H,1-2H3. The van der Waals surface area contributed by atoms with Crippen molar-refractivity contribution in [1.82, 2.24) is 0 Å². The van der Waals surface area contributed by atoms with E-state index < -0.39 is 10.0 Å². The Kier molecular flexibility index (Phi) is 4.71. The Hall–Kier alpha value is -0.270. The molecule has 0 saturated heterocycles. The maximum absolute atomic E-state index is 12.3. The molecule has 1 aromatic heterocycles. The topological polar surface area (TPSA) is 46.2 Å². The van der Waals surface area contributed by atoms with Crippen molar-refractivity contribution in [3.8, 4) is 0 Å². The van der Waals surface area contributed by atoms with Gasteiger partial charge >= 0.3 is 0 Å². The van der Waals surface area contributed by atoms with E-state index in [1.54, 1.807) is 25.1 Å². The Morgan fingerprint density at radius 1 is 1.15 bits per heavy atom. The minimum absolute atomic E-state index is 0.170. The molecule has 0 spiro atoms. The van der Waals surface area contributed by atoms with Crippen molar-refractivity contribution in [2.24, 2.45) is 0 Å². The lowest BCUT2D eigenvalue weighted by Gasteiger charge is -2.10. The first-order chi connectivity index (χ1) is 9.20. The highest BCUT2D eigenvalue weighted by molar-refractivity contribution is 9.10. The van der Waals surface area contributed by atoms with Crippen molar-refractivity contribution in [3.63, 3.8) is 0 Å². The van der Waals surface area contributed by atoms with Gasteiger partial charge in [0, 0.05) is 9.50 Å². The predicted octanol–water partition coefficient (Wildman–Crippen LogP) is 5.24. The van der Waals surface area contributed by atoms with Gasteiger partial charge in [0.25, 0.3) is 10.0 Å².